The first kappa shape index (κ1) is 11.0. The minimum Gasteiger partial charge on any atom is -0.409 e. The van der Waals surface area contributed by atoms with E-state index in [-0.39, 0.29) is 5.84 Å². The molecule has 0 saturated heterocycles. The molecule has 6 heteroatoms. The minimum atomic E-state index is -0.0658. The predicted molar refractivity (Wildman–Crippen MR) is 64.3 cm³/mol. The number of nitrogens with zero attached hydrogens (tertiary/aromatic N) is 2. The van der Waals surface area contributed by atoms with E-state index < -0.39 is 0 Å². The Morgan fingerprint density at radius 2 is 2.00 bits per heavy atom. The molecule has 4 nitrogen and oxygen atoms in total. The van der Waals surface area contributed by atoms with Crippen LogP contribution in [0.2, 0.25) is 10.0 Å². The van der Waals surface area contributed by atoms with Crippen LogP contribution < -0.4 is 5.73 Å². The Balaban J connectivity index is 2.85. The first-order valence-electron chi connectivity index (χ1n) is 4.35. The summed E-state index contributed by atoms with van der Waals surface area (Å²) in [6, 6.07) is 5.09. The topological polar surface area (TPSA) is 71.5 Å². The molecule has 16 heavy (non-hydrogen) atoms. The van der Waals surface area contributed by atoms with Crippen LogP contribution in [0.4, 0.5) is 0 Å². The normalized spacial score (nSPS) is 12.0. The van der Waals surface area contributed by atoms with Crippen LogP contribution in [0.3, 0.4) is 0 Å². The molecule has 3 N–H and O–H groups in total. The van der Waals surface area contributed by atoms with E-state index in [1.54, 1.807) is 18.2 Å². The lowest BCUT2D eigenvalue weighted by molar-refractivity contribution is 0.318. The van der Waals surface area contributed by atoms with E-state index in [0.717, 1.165) is 0 Å². The molecular weight excluding hydrogens is 249 g/mol. The van der Waals surface area contributed by atoms with Gasteiger partial charge < -0.3 is 10.9 Å². The summed E-state index contributed by atoms with van der Waals surface area (Å²) in [5.74, 6) is -0.0658. The van der Waals surface area contributed by atoms with Gasteiger partial charge in [-0.1, -0.05) is 34.4 Å². The average Bonchev–Trinajstić information content (AvgIpc) is 2.32. The highest BCUT2D eigenvalue weighted by atomic mass is 35.5. The molecule has 0 aliphatic heterocycles. The van der Waals surface area contributed by atoms with Crippen molar-refractivity contribution >= 4 is 39.8 Å². The van der Waals surface area contributed by atoms with Crippen LogP contribution >= 0.6 is 23.2 Å². The Bertz CT molecular complexity index is 584. The van der Waals surface area contributed by atoms with Crippen LogP contribution in [0.1, 0.15) is 5.69 Å². The van der Waals surface area contributed by atoms with Gasteiger partial charge in [0.1, 0.15) is 5.69 Å². The lowest BCUT2D eigenvalue weighted by Gasteiger charge is -2.06. The number of hydrogen-bond donors (Lipinski definition) is 2. The number of aromatic nitrogens is 1. The van der Waals surface area contributed by atoms with Crippen molar-refractivity contribution in [1.29, 1.82) is 0 Å². The fourth-order valence-electron chi connectivity index (χ4n) is 1.44. The molecule has 0 unspecified atom stereocenters. The van der Waals surface area contributed by atoms with Crippen LogP contribution in [0, 0.1) is 0 Å². The largest absolute Gasteiger partial charge is 0.409 e. The molecule has 1 heterocycles. The molecule has 1 aromatic heterocycles. The van der Waals surface area contributed by atoms with Gasteiger partial charge in [0, 0.05) is 17.0 Å². The van der Waals surface area contributed by atoms with Crippen LogP contribution in [0.25, 0.3) is 10.8 Å². The fraction of sp³-hybridized carbons (Fsp3) is 0. The number of halogens is 2. The number of rotatable bonds is 1. The van der Waals surface area contributed by atoms with E-state index >= 15 is 0 Å². The summed E-state index contributed by atoms with van der Waals surface area (Å²) in [5, 5.41) is 13.8. The molecule has 0 radical (unpaired) electrons. The van der Waals surface area contributed by atoms with Gasteiger partial charge in [0.2, 0.25) is 0 Å². The molecule has 1 aromatic carbocycles. The third-order valence-electron chi connectivity index (χ3n) is 2.18. The van der Waals surface area contributed by atoms with Gasteiger partial charge in [0.05, 0.1) is 10.0 Å². The van der Waals surface area contributed by atoms with Gasteiger partial charge in [-0.15, -0.1) is 0 Å². The molecule has 2 aromatic rings. The maximum absolute atomic E-state index is 8.64. The predicted octanol–water partition coefficient (Wildman–Crippen LogP) is 2.64. The molecule has 0 fully saturated rings. The van der Waals surface area contributed by atoms with Gasteiger partial charge in [0.15, 0.2) is 5.84 Å². The molecule has 0 bridgehead atoms. The average molecular weight is 256 g/mol. The standard InChI is InChI=1S/C10H7Cl2N3O/c11-7-2-1-6-5(8(7)12)3-4-14-9(6)10(13)15-16/h1-4,16H,(H2,13,15). The first-order chi connectivity index (χ1) is 7.65. The number of fused-ring (bicyclic) bond motifs is 1. The Morgan fingerprint density at radius 1 is 1.25 bits per heavy atom. The Kier molecular flexibility index (Phi) is 2.85. The Morgan fingerprint density at radius 3 is 2.69 bits per heavy atom. The zero-order valence-corrected chi connectivity index (χ0v) is 9.50. The van der Waals surface area contributed by atoms with Crippen molar-refractivity contribution in [2.24, 2.45) is 10.9 Å². The number of pyridine rings is 1. The van der Waals surface area contributed by atoms with Crippen LogP contribution in [0.5, 0.6) is 0 Å². The summed E-state index contributed by atoms with van der Waals surface area (Å²) >= 11 is 11.9. The van der Waals surface area contributed by atoms with Crippen LogP contribution in [-0.4, -0.2) is 16.0 Å². The summed E-state index contributed by atoms with van der Waals surface area (Å²) in [7, 11) is 0. The summed E-state index contributed by atoms with van der Waals surface area (Å²) in [4.78, 5) is 4.03. The van der Waals surface area contributed by atoms with Crippen LogP contribution in [-0.2, 0) is 0 Å². The number of nitrogens with two attached hydrogens (primary N) is 1. The highest BCUT2D eigenvalue weighted by Gasteiger charge is 2.10. The molecule has 0 atom stereocenters. The number of benzene rings is 1. The molecule has 0 saturated carbocycles. The van der Waals surface area contributed by atoms with Crippen molar-refractivity contribution in [1.82, 2.24) is 4.98 Å². The van der Waals surface area contributed by atoms with Gasteiger partial charge in [-0.05, 0) is 12.1 Å². The minimum absolute atomic E-state index is 0.0658. The molecule has 82 valence electrons. The van der Waals surface area contributed by atoms with E-state index in [0.29, 0.717) is 26.5 Å². The third kappa shape index (κ3) is 1.66. The second kappa shape index (κ2) is 4.15. The zero-order chi connectivity index (χ0) is 11.7. The molecule has 0 aliphatic carbocycles. The summed E-state index contributed by atoms with van der Waals surface area (Å²) < 4.78 is 0. The number of hydrogen-bond acceptors (Lipinski definition) is 3. The van der Waals surface area contributed by atoms with Crippen LogP contribution in [0.15, 0.2) is 29.6 Å². The van der Waals surface area contributed by atoms with E-state index in [1.165, 1.54) is 6.20 Å². The maximum atomic E-state index is 8.64. The number of amidine groups is 1. The molecule has 0 aliphatic rings. The van der Waals surface area contributed by atoms with Crippen molar-refractivity contribution in [3.8, 4) is 0 Å². The van der Waals surface area contributed by atoms with Crippen molar-refractivity contribution in [3.63, 3.8) is 0 Å². The molecular formula is C10H7Cl2N3O. The third-order valence-corrected chi connectivity index (χ3v) is 3.00. The van der Waals surface area contributed by atoms with Crippen molar-refractivity contribution < 1.29 is 5.21 Å². The Labute approximate surface area is 101 Å². The summed E-state index contributed by atoms with van der Waals surface area (Å²) in [6.07, 6.45) is 1.53. The van der Waals surface area contributed by atoms with E-state index in [9.17, 15) is 0 Å². The number of oxime groups is 1. The van der Waals surface area contributed by atoms with Crippen molar-refractivity contribution in [2.45, 2.75) is 0 Å². The van der Waals surface area contributed by atoms with Gasteiger partial charge in [0.25, 0.3) is 0 Å². The summed E-state index contributed by atoms with van der Waals surface area (Å²) in [6.45, 7) is 0. The highest BCUT2D eigenvalue weighted by molar-refractivity contribution is 6.45. The lowest BCUT2D eigenvalue weighted by Crippen LogP contribution is -2.15. The lowest BCUT2D eigenvalue weighted by atomic mass is 10.1. The highest BCUT2D eigenvalue weighted by Crippen LogP contribution is 2.31. The van der Waals surface area contributed by atoms with E-state index in [4.69, 9.17) is 34.1 Å². The van der Waals surface area contributed by atoms with E-state index in [1.807, 2.05) is 0 Å². The molecule has 0 spiro atoms. The zero-order valence-electron chi connectivity index (χ0n) is 7.98. The summed E-state index contributed by atoms with van der Waals surface area (Å²) in [5.41, 5.74) is 5.88. The van der Waals surface area contributed by atoms with Gasteiger partial charge in [-0.3, -0.25) is 4.98 Å². The Hall–Kier alpha value is -1.52. The quantitative estimate of drug-likeness (QED) is 0.356. The van der Waals surface area contributed by atoms with Crippen molar-refractivity contribution in [2.75, 3.05) is 0 Å². The second-order valence-electron chi connectivity index (χ2n) is 3.10. The fourth-order valence-corrected chi connectivity index (χ4v) is 1.84. The first-order valence-corrected chi connectivity index (χ1v) is 5.11. The van der Waals surface area contributed by atoms with Gasteiger partial charge in [-0.2, -0.15) is 0 Å². The van der Waals surface area contributed by atoms with Crippen molar-refractivity contribution in [3.05, 3.63) is 40.1 Å². The second-order valence-corrected chi connectivity index (χ2v) is 3.89. The monoisotopic (exact) mass is 255 g/mol. The molecule has 0 amide bonds. The maximum Gasteiger partial charge on any atom is 0.189 e. The van der Waals surface area contributed by atoms with Gasteiger partial charge >= 0.3 is 0 Å². The SMILES string of the molecule is NC(=NO)c1nccc2c(Cl)c(Cl)ccc12. The van der Waals surface area contributed by atoms with E-state index in [2.05, 4.69) is 10.1 Å². The van der Waals surface area contributed by atoms with Gasteiger partial charge in [-0.25, -0.2) is 0 Å². The molecule has 2 rings (SSSR count). The smallest absolute Gasteiger partial charge is 0.189 e.